The molecular weight excluding hydrogens is 550 g/mol. The highest BCUT2D eigenvalue weighted by atomic mass is 32.1. The minimum Gasteiger partial charge on any atom is -0.388 e. The molecule has 0 radical (unpaired) electrons. The first kappa shape index (κ1) is 38.2. The van der Waals surface area contributed by atoms with Gasteiger partial charge in [0.05, 0.1) is 0 Å². The van der Waals surface area contributed by atoms with Gasteiger partial charge in [0, 0.05) is 72.4 Å². The average molecular weight is 596 g/mol. The number of carbonyl (C=O) groups is 1. The van der Waals surface area contributed by atoms with Gasteiger partial charge in [-0.2, -0.15) is 12.6 Å². The number of pyridine rings is 3. The van der Waals surface area contributed by atoms with Crippen molar-refractivity contribution in [1.29, 1.82) is 0 Å². The summed E-state index contributed by atoms with van der Waals surface area (Å²) < 4.78 is 0. The zero-order valence-electron chi connectivity index (χ0n) is 25.8. The summed E-state index contributed by atoms with van der Waals surface area (Å²) in [5, 5.41) is 8.26. The predicted molar refractivity (Wildman–Crippen MR) is 191 cm³/mol. The van der Waals surface area contributed by atoms with Gasteiger partial charge in [-0.25, -0.2) is 0 Å². The lowest BCUT2D eigenvalue weighted by atomic mass is 10.1. The van der Waals surface area contributed by atoms with Crippen molar-refractivity contribution in [3.8, 4) is 0 Å². The van der Waals surface area contributed by atoms with Gasteiger partial charge >= 0.3 is 0 Å². The molecular formula is C36H45N5OS. The van der Waals surface area contributed by atoms with Crippen molar-refractivity contribution in [1.82, 2.24) is 15.0 Å². The van der Waals surface area contributed by atoms with Gasteiger partial charge in [-0.15, -0.1) is 13.2 Å². The van der Waals surface area contributed by atoms with Crippen molar-refractivity contribution in [2.24, 2.45) is 0 Å². The smallest absolute Gasteiger partial charge is 0.159 e. The molecule has 1 aromatic carbocycles. The zero-order valence-corrected chi connectivity index (χ0v) is 26.7. The van der Waals surface area contributed by atoms with E-state index < -0.39 is 0 Å². The standard InChI is InChI=1S/C17H21N3.C7H7NO.C7H7N.C3H6S.C2H4/c1-4-5-14-10-16(18-3)12-17(11-14)20-13(2)15-6-8-19-9-7-15;1-6(9)7-2-4-8-5-3-7;1-2-7-3-5-8-6-4-7;1-2-3-4;1-2/h6-12,18,20H,2,4-5H2,1,3H3;2-5H,1H3;2-6H,1H2;2-4H,1H3;1-2H2/b;;;3-2-;. The van der Waals surface area contributed by atoms with Crippen LogP contribution in [0.3, 0.4) is 0 Å². The van der Waals surface area contributed by atoms with Crippen LogP contribution >= 0.6 is 12.6 Å². The summed E-state index contributed by atoms with van der Waals surface area (Å²) in [6, 6.07) is 17.6. The molecule has 6 nitrogen and oxygen atoms in total. The van der Waals surface area contributed by atoms with Gasteiger partial charge in [0.2, 0.25) is 0 Å². The Morgan fingerprint density at radius 3 is 1.70 bits per heavy atom. The number of nitrogens with one attached hydrogen (secondary N) is 2. The predicted octanol–water partition coefficient (Wildman–Crippen LogP) is 9.42. The molecule has 0 bridgehead atoms. The molecule has 0 unspecified atom stereocenters. The maximum atomic E-state index is 10.6. The van der Waals surface area contributed by atoms with E-state index in [9.17, 15) is 4.79 Å². The Labute approximate surface area is 263 Å². The van der Waals surface area contributed by atoms with Crippen molar-refractivity contribution >= 4 is 41.6 Å². The number of thiol groups is 1. The summed E-state index contributed by atoms with van der Waals surface area (Å²) in [5.41, 5.74) is 7.24. The van der Waals surface area contributed by atoms with Gasteiger partial charge in [-0.3, -0.25) is 19.7 Å². The van der Waals surface area contributed by atoms with Crippen LogP contribution in [0.4, 0.5) is 11.4 Å². The third-order valence-corrected chi connectivity index (χ3v) is 5.62. The summed E-state index contributed by atoms with van der Waals surface area (Å²) in [5.74, 6) is 0.0809. The second kappa shape index (κ2) is 25.0. The van der Waals surface area contributed by atoms with Crippen molar-refractivity contribution in [2.45, 2.75) is 33.6 Å². The molecule has 0 amide bonds. The second-order valence-corrected chi connectivity index (χ2v) is 8.82. The van der Waals surface area contributed by atoms with Crippen LogP contribution in [-0.4, -0.2) is 27.8 Å². The first-order chi connectivity index (χ1) is 20.9. The van der Waals surface area contributed by atoms with Crippen molar-refractivity contribution in [3.05, 3.63) is 152 Å². The fourth-order valence-electron chi connectivity index (χ4n) is 3.23. The van der Waals surface area contributed by atoms with Crippen LogP contribution < -0.4 is 10.6 Å². The van der Waals surface area contributed by atoms with Crippen LogP contribution in [0.1, 0.15) is 54.2 Å². The Morgan fingerprint density at radius 1 is 0.860 bits per heavy atom. The third kappa shape index (κ3) is 17.6. The largest absolute Gasteiger partial charge is 0.388 e. The minimum absolute atomic E-state index is 0.0809. The summed E-state index contributed by atoms with van der Waals surface area (Å²) in [4.78, 5) is 22.3. The number of aromatic nitrogens is 3. The Bertz CT molecular complexity index is 1340. The Kier molecular flexibility index (Phi) is 22.2. The Morgan fingerprint density at radius 2 is 1.33 bits per heavy atom. The number of aryl methyl sites for hydroxylation is 1. The van der Waals surface area contributed by atoms with Gasteiger partial charge in [0.15, 0.2) is 5.78 Å². The van der Waals surface area contributed by atoms with Crippen LogP contribution in [0.15, 0.2) is 130 Å². The molecule has 43 heavy (non-hydrogen) atoms. The molecule has 0 aliphatic carbocycles. The summed E-state index contributed by atoms with van der Waals surface area (Å²) >= 11 is 3.74. The van der Waals surface area contributed by atoms with Crippen molar-refractivity contribution in [3.63, 3.8) is 0 Å². The second-order valence-electron chi connectivity index (χ2n) is 8.52. The molecule has 0 atom stereocenters. The van der Waals surface area contributed by atoms with Crippen LogP contribution in [-0.2, 0) is 6.42 Å². The van der Waals surface area contributed by atoms with Gasteiger partial charge in [-0.05, 0) is 91.4 Å². The first-order valence-electron chi connectivity index (χ1n) is 13.7. The van der Waals surface area contributed by atoms with E-state index in [1.54, 1.807) is 60.8 Å². The SMILES string of the molecule is C/C=C\S.C=C.C=C(Nc1cc(CCC)cc(NC)c1)c1ccncc1.C=Cc1ccncc1.CC(=O)c1ccncc1. The van der Waals surface area contributed by atoms with E-state index in [1.807, 2.05) is 44.3 Å². The van der Waals surface area contributed by atoms with E-state index >= 15 is 0 Å². The van der Waals surface area contributed by atoms with Gasteiger partial charge < -0.3 is 10.6 Å². The molecule has 0 aliphatic rings. The molecule has 3 aromatic heterocycles. The topological polar surface area (TPSA) is 79.8 Å². The highest BCUT2D eigenvalue weighted by Crippen LogP contribution is 2.23. The van der Waals surface area contributed by atoms with Crippen molar-refractivity contribution in [2.75, 3.05) is 17.7 Å². The van der Waals surface area contributed by atoms with Gasteiger partial charge in [0.1, 0.15) is 0 Å². The highest BCUT2D eigenvalue weighted by Gasteiger charge is 2.03. The first-order valence-corrected chi connectivity index (χ1v) is 14.3. The fraction of sp³-hybridized carbons (Fsp3) is 0.167. The van der Waals surface area contributed by atoms with E-state index in [-0.39, 0.29) is 5.78 Å². The van der Waals surface area contributed by atoms with E-state index in [2.05, 4.69) is 89.7 Å². The van der Waals surface area contributed by atoms with Crippen LogP contribution in [0.5, 0.6) is 0 Å². The number of allylic oxidation sites excluding steroid dienone is 1. The lowest BCUT2D eigenvalue weighted by Crippen LogP contribution is -2.00. The molecule has 3 heterocycles. The monoisotopic (exact) mass is 595 g/mol. The number of hydrogen-bond donors (Lipinski definition) is 3. The molecule has 4 rings (SSSR count). The number of hydrogen-bond acceptors (Lipinski definition) is 7. The normalized spacial score (nSPS) is 9.14. The maximum Gasteiger partial charge on any atom is 0.159 e. The molecule has 4 aromatic rings. The molecule has 2 N–H and O–H groups in total. The lowest BCUT2D eigenvalue weighted by molar-refractivity contribution is 0.101. The zero-order chi connectivity index (χ0) is 32.3. The quantitative estimate of drug-likeness (QED) is 0.107. The van der Waals surface area contributed by atoms with Crippen LogP contribution in [0.25, 0.3) is 11.8 Å². The molecule has 226 valence electrons. The lowest BCUT2D eigenvalue weighted by Gasteiger charge is -2.13. The van der Waals surface area contributed by atoms with E-state index in [0.29, 0.717) is 5.56 Å². The minimum atomic E-state index is 0.0809. The summed E-state index contributed by atoms with van der Waals surface area (Å²) in [6.07, 6.45) is 16.1. The average Bonchev–Trinajstić information content (AvgIpc) is 3.07. The third-order valence-electron chi connectivity index (χ3n) is 5.32. The molecule has 0 fully saturated rings. The molecule has 0 aliphatic heterocycles. The van der Waals surface area contributed by atoms with Gasteiger partial charge in [-0.1, -0.05) is 38.7 Å². The molecule has 0 saturated heterocycles. The maximum absolute atomic E-state index is 10.6. The van der Waals surface area contributed by atoms with Crippen LogP contribution in [0, 0.1) is 0 Å². The fourth-order valence-corrected chi connectivity index (χ4v) is 3.23. The Hall–Kier alpha value is -4.75. The highest BCUT2D eigenvalue weighted by molar-refractivity contribution is 7.83. The van der Waals surface area contributed by atoms with Crippen LogP contribution in [0.2, 0.25) is 0 Å². The number of Topliss-reactive ketones (excluding diaryl/α,β-unsaturated/α-hetero) is 1. The Balaban J connectivity index is 0.000000633. The van der Waals surface area contributed by atoms with E-state index in [1.165, 1.54) is 12.5 Å². The molecule has 7 heteroatoms. The number of carbonyl (C=O) groups excluding carboxylic acids is 1. The number of nitrogens with zero attached hydrogens (tertiary/aromatic N) is 3. The van der Waals surface area contributed by atoms with Gasteiger partial charge in [0.25, 0.3) is 0 Å². The molecule has 0 spiro atoms. The number of benzene rings is 1. The number of anilines is 2. The van der Waals surface area contributed by atoms with Crippen molar-refractivity contribution < 1.29 is 4.79 Å². The number of ketones is 1. The summed E-state index contributed by atoms with van der Waals surface area (Å²) in [7, 11) is 1.94. The summed E-state index contributed by atoms with van der Waals surface area (Å²) in [6.45, 7) is 19.3. The van der Waals surface area contributed by atoms with E-state index in [0.717, 1.165) is 41.0 Å². The number of rotatable bonds is 8. The van der Waals surface area contributed by atoms with E-state index in [4.69, 9.17) is 0 Å². The molecule has 0 saturated carbocycles.